The van der Waals surface area contributed by atoms with Crippen molar-refractivity contribution in [1.29, 1.82) is 0 Å². The van der Waals surface area contributed by atoms with Gasteiger partial charge in [-0.05, 0) is 19.1 Å². The average Bonchev–Trinajstić information content (AvgIpc) is 2.99. The van der Waals surface area contributed by atoms with Crippen molar-refractivity contribution in [2.45, 2.75) is 25.2 Å². The smallest absolute Gasteiger partial charge is 0.325 e. The fourth-order valence-corrected chi connectivity index (χ4v) is 3.07. The van der Waals surface area contributed by atoms with Crippen LogP contribution in [0.3, 0.4) is 0 Å². The van der Waals surface area contributed by atoms with Gasteiger partial charge in [0.2, 0.25) is 5.96 Å². The Kier molecular flexibility index (Phi) is 5.36. The van der Waals surface area contributed by atoms with Gasteiger partial charge in [0, 0.05) is 19.2 Å². The van der Waals surface area contributed by atoms with Crippen molar-refractivity contribution in [2.75, 3.05) is 20.7 Å². The Morgan fingerprint density at radius 1 is 1.46 bits per heavy atom. The molecule has 1 saturated heterocycles. The molecule has 1 aromatic rings. The Morgan fingerprint density at radius 3 is 2.89 bits per heavy atom. The maximum atomic E-state index is 12.3. The molecule has 1 fully saturated rings. The zero-order valence-corrected chi connectivity index (χ0v) is 15.7. The van der Waals surface area contributed by atoms with Crippen LogP contribution in [-0.2, 0) is 4.79 Å². The van der Waals surface area contributed by atoms with E-state index in [1.54, 1.807) is 30.0 Å². The number of phenols is 1. The summed E-state index contributed by atoms with van der Waals surface area (Å²) in [5.74, 6) is -0.0289. The number of para-hydroxylation sites is 1. The molecule has 3 amide bonds. The number of aromatic hydroxyl groups is 1. The molecule has 0 aromatic heterocycles. The molecule has 3 rings (SSSR count). The van der Waals surface area contributed by atoms with E-state index in [0.29, 0.717) is 11.3 Å². The van der Waals surface area contributed by atoms with E-state index in [9.17, 15) is 19.8 Å². The Labute approximate surface area is 161 Å². The van der Waals surface area contributed by atoms with E-state index in [1.807, 2.05) is 0 Å². The number of phenolic OH excluding ortho intramolecular Hbond substituents is 1. The van der Waals surface area contributed by atoms with Crippen LogP contribution in [0, 0.1) is 0 Å². The summed E-state index contributed by atoms with van der Waals surface area (Å²) in [6.07, 6.45) is -0.103. The number of β-amino-alcohol motifs (C(OH)–C–C–N with tert-alkyl or cyclic N) is 1. The number of aliphatic hydroxyl groups is 1. The number of aliphatic hydroxyl groups excluding tert-OH is 1. The highest BCUT2D eigenvalue weighted by Crippen LogP contribution is 2.28. The van der Waals surface area contributed by atoms with E-state index < -0.39 is 30.2 Å². The Bertz CT molecular complexity index is 839. The molecule has 0 bridgehead atoms. The molecule has 1 aromatic carbocycles. The van der Waals surface area contributed by atoms with Crippen LogP contribution in [0.2, 0.25) is 0 Å². The number of imide groups is 1. The number of methoxy groups -OCH3 is 1. The minimum absolute atomic E-state index is 0.0666. The highest BCUT2D eigenvalue weighted by atomic mass is 16.5. The van der Waals surface area contributed by atoms with E-state index >= 15 is 0 Å². The van der Waals surface area contributed by atoms with E-state index in [1.165, 1.54) is 25.3 Å². The molecule has 28 heavy (non-hydrogen) atoms. The lowest BCUT2D eigenvalue weighted by molar-refractivity contribution is -0.127. The summed E-state index contributed by atoms with van der Waals surface area (Å²) in [4.78, 5) is 31.4. The molecule has 3 unspecified atom stereocenters. The third kappa shape index (κ3) is 3.56. The van der Waals surface area contributed by atoms with Crippen LogP contribution in [0.1, 0.15) is 12.5 Å². The number of hydrazone groups is 1. The molecule has 11 heteroatoms. The van der Waals surface area contributed by atoms with Crippen molar-refractivity contribution in [2.24, 2.45) is 10.1 Å². The van der Waals surface area contributed by atoms with E-state index in [-0.39, 0.29) is 18.3 Å². The van der Waals surface area contributed by atoms with E-state index in [0.717, 1.165) is 0 Å². The minimum Gasteiger partial charge on any atom is -0.504 e. The molecule has 0 spiro atoms. The fourth-order valence-electron chi connectivity index (χ4n) is 3.07. The number of urea groups is 1. The lowest BCUT2D eigenvalue weighted by Gasteiger charge is -2.36. The number of benzene rings is 1. The monoisotopic (exact) mass is 390 g/mol. The Morgan fingerprint density at radius 2 is 2.21 bits per heavy atom. The molecule has 0 radical (unpaired) electrons. The number of likely N-dealkylation sites (N-methyl/N-ethyl adjacent to an activating group) is 1. The second kappa shape index (κ2) is 7.72. The maximum Gasteiger partial charge on any atom is 0.325 e. The van der Waals surface area contributed by atoms with Crippen molar-refractivity contribution in [3.63, 3.8) is 0 Å². The first-order valence-electron chi connectivity index (χ1n) is 8.58. The van der Waals surface area contributed by atoms with Crippen LogP contribution >= 0.6 is 0 Å². The summed E-state index contributed by atoms with van der Waals surface area (Å²) in [5, 5.41) is 26.2. The zero-order chi connectivity index (χ0) is 20.4. The topological polar surface area (TPSA) is 139 Å². The van der Waals surface area contributed by atoms with Gasteiger partial charge in [-0.25, -0.2) is 15.2 Å². The number of hydrogen-bond acceptors (Lipinski definition) is 9. The first kappa shape index (κ1) is 19.4. The highest BCUT2D eigenvalue weighted by molar-refractivity contribution is 6.03. The van der Waals surface area contributed by atoms with E-state index in [4.69, 9.17) is 4.74 Å². The predicted octanol–water partition coefficient (Wildman–Crippen LogP) is -0.747. The number of carbonyl (C=O) groups excluding carboxylic acids is 2. The number of rotatable bonds is 5. The van der Waals surface area contributed by atoms with Crippen LogP contribution in [-0.4, -0.2) is 83.1 Å². The van der Waals surface area contributed by atoms with Gasteiger partial charge >= 0.3 is 6.03 Å². The predicted molar refractivity (Wildman–Crippen MR) is 100 cm³/mol. The van der Waals surface area contributed by atoms with Gasteiger partial charge in [0.05, 0.1) is 19.4 Å². The number of nitrogens with one attached hydrogen (secondary N) is 2. The molecule has 2 aliphatic heterocycles. The molecule has 3 atom stereocenters. The van der Waals surface area contributed by atoms with Gasteiger partial charge < -0.3 is 24.7 Å². The van der Waals surface area contributed by atoms with Gasteiger partial charge in [-0.1, -0.05) is 6.07 Å². The van der Waals surface area contributed by atoms with Gasteiger partial charge in [0.25, 0.3) is 5.91 Å². The second-order valence-corrected chi connectivity index (χ2v) is 6.49. The number of nitrogens with zero attached hydrogens (tertiary/aromatic N) is 4. The SMILES string of the molecule is COc1cccc(/C=N/NC2=NC3C(C(=O)NC(=O)N3C)N2CC(C)O)c1O. The summed E-state index contributed by atoms with van der Waals surface area (Å²) >= 11 is 0. The van der Waals surface area contributed by atoms with Crippen LogP contribution in [0.5, 0.6) is 11.5 Å². The fraction of sp³-hybridized carbons (Fsp3) is 0.412. The molecule has 2 aliphatic rings. The summed E-state index contributed by atoms with van der Waals surface area (Å²) < 4.78 is 5.05. The molecule has 0 saturated carbocycles. The van der Waals surface area contributed by atoms with Gasteiger partial charge in [-0.3, -0.25) is 10.1 Å². The quantitative estimate of drug-likeness (QED) is 0.383. The molecule has 2 heterocycles. The normalized spacial score (nSPS) is 22.8. The first-order valence-corrected chi connectivity index (χ1v) is 8.58. The summed E-state index contributed by atoms with van der Waals surface area (Å²) in [6.45, 7) is 1.69. The first-order chi connectivity index (χ1) is 13.3. The number of fused-ring (bicyclic) bond motifs is 1. The van der Waals surface area contributed by atoms with Crippen LogP contribution in [0.15, 0.2) is 28.3 Å². The largest absolute Gasteiger partial charge is 0.504 e. The van der Waals surface area contributed by atoms with Crippen LogP contribution in [0.25, 0.3) is 0 Å². The molecule has 4 N–H and O–H groups in total. The van der Waals surface area contributed by atoms with Crippen molar-refractivity contribution < 1.29 is 24.5 Å². The third-order valence-corrected chi connectivity index (χ3v) is 4.44. The Balaban J connectivity index is 1.83. The molecular formula is C17H22N6O5. The van der Waals surface area contributed by atoms with Gasteiger partial charge in [-0.15, -0.1) is 0 Å². The lowest BCUT2D eigenvalue weighted by atomic mass is 10.1. The number of carbonyl (C=O) groups is 2. The average molecular weight is 390 g/mol. The highest BCUT2D eigenvalue weighted by Gasteiger charge is 2.48. The number of ether oxygens (including phenoxy) is 1. The second-order valence-electron chi connectivity index (χ2n) is 6.49. The minimum atomic E-state index is -0.778. The molecule has 0 aliphatic carbocycles. The summed E-state index contributed by atoms with van der Waals surface area (Å²) in [5.41, 5.74) is 3.14. The van der Waals surface area contributed by atoms with Crippen molar-refractivity contribution >= 4 is 24.1 Å². The molecule has 150 valence electrons. The number of hydrogen-bond donors (Lipinski definition) is 4. The number of guanidine groups is 1. The standard InChI is InChI=1S/C17H22N6O5/c1-9(24)8-23-12-14(22(2)17(27)20-15(12)26)19-16(23)21-18-7-10-5-4-6-11(28-3)13(10)25/h4-7,9,12,14,24-25H,8H2,1-3H3,(H,19,21)(H,20,26,27)/b18-7+. The van der Waals surface area contributed by atoms with Gasteiger partial charge in [-0.2, -0.15) is 5.10 Å². The van der Waals surface area contributed by atoms with Crippen LogP contribution in [0.4, 0.5) is 4.79 Å². The molecular weight excluding hydrogens is 368 g/mol. The third-order valence-electron chi connectivity index (χ3n) is 4.44. The number of aliphatic imine (C=N–C) groups is 1. The van der Waals surface area contributed by atoms with Crippen molar-refractivity contribution in [1.82, 2.24) is 20.5 Å². The zero-order valence-electron chi connectivity index (χ0n) is 15.7. The maximum absolute atomic E-state index is 12.3. The van der Waals surface area contributed by atoms with Gasteiger partial charge in [0.1, 0.15) is 0 Å². The van der Waals surface area contributed by atoms with Crippen LogP contribution < -0.4 is 15.5 Å². The van der Waals surface area contributed by atoms with E-state index in [2.05, 4.69) is 20.8 Å². The van der Waals surface area contributed by atoms with Gasteiger partial charge in [0.15, 0.2) is 23.7 Å². The molecule has 11 nitrogen and oxygen atoms in total. The number of amides is 3. The Hall–Kier alpha value is -3.34. The summed E-state index contributed by atoms with van der Waals surface area (Å²) in [6, 6.07) is 3.64. The summed E-state index contributed by atoms with van der Waals surface area (Å²) in [7, 11) is 2.98. The van der Waals surface area contributed by atoms with Crippen molar-refractivity contribution in [3.8, 4) is 11.5 Å². The van der Waals surface area contributed by atoms with Crippen molar-refractivity contribution in [3.05, 3.63) is 23.8 Å². The lowest BCUT2D eigenvalue weighted by Crippen LogP contribution is -2.64.